The topological polar surface area (TPSA) is 0 Å². The molecule has 0 amide bonds. The highest BCUT2D eigenvalue weighted by atomic mass is 14.6. The smallest absolute Gasteiger partial charge is 0.0286 e. The van der Waals surface area contributed by atoms with Crippen molar-refractivity contribution in [3.05, 3.63) is 87.1 Å². The minimum atomic E-state index is -0.133. The van der Waals surface area contributed by atoms with Crippen molar-refractivity contribution in [2.45, 2.75) is 114 Å². The second-order valence-corrected chi connectivity index (χ2v) is 15.3. The summed E-state index contributed by atoms with van der Waals surface area (Å²) in [6.07, 6.45) is 4.12. The summed E-state index contributed by atoms with van der Waals surface area (Å²) in [6.45, 7) is 42.1. The second-order valence-electron chi connectivity index (χ2n) is 15.3. The summed E-state index contributed by atoms with van der Waals surface area (Å²) in [5.41, 5.74) is 16.0. The van der Waals surface area contributed by atoms with Gasteiger partial charge in [-0.3, -0.25) is 0 Å². The van der Waals surface area contributed by atoms with Crippen molar-refractivity contribution in [2.24, 2.45) is 22.2 Å². The molecule has 1 aromatic rings. The fourth-order valence-corrected chi connectivity index (χ4v) is 8.84. The monoisotopic (exact) mass is 520 g/mol. The van der Waals surface area contributed by atoms with Crippen LogP contribution < -0.4 is 0 Å². The van der Waals surface area contributed by atoms with Gasteiger partial charge in [-0.2, -0.15) is 0 Å². The highest BCUT2D eigenvalue weighted by Crippen LogP contribution is 2.70. The molecule has 0 bridgehead atoms. The number of hydrogen-bond acceptors (Lipinski definition) is 0. The summed E-state index contributed by atoms with van der Waals surface area (Å²) in [6, 6.07) is 2.41. The van der Waals surface area contributed by atoms with E-state index in [1.54, 1.807) is 0 Å². The number of benzene rings is 1. The van der Waals surface area contributed by atoms with Gasteiger partial charge >= 0.3 is 0 Å². The maximum absolute atomic E-state index is 4.89. The molecule has 0 heterocycles. The summed E-state index contributed by atoms with van der Waals surface area (Å²) < 4.78 is 0. The van der Waals surface area contributed by atoms with E-state index in [-0.39, 0.29) is 21.7 Å². The zero-order valence-corrected chi connectivity index (χ0v) is 27.1. The Labute approximate surface area is 240 Å². The van der Waals surface area contributed by atoms with E-state index in [0.717, 1.165) is 31.3 Å². The van der Waals surface area contributed by atoms with Crippen LogP contribution >= 0.6 is 0 Å². The van der Waals surface area contributed by atoms with Crippen molar-refractivity contribution in [2.75, 3.05) is 0 Å². The van der Waals surface area contributed by atoms with Gasteiger partial charge in [0.2, 0.25) is 0 Å². The van der Waals surface area contributed by atoms with E-state index in [9.17, 15) is 0 Å². The molecular formula is C39H52. The molecule has 0 aliphatic heterocycles. The van der Waals surface area contributed by atoms with Gasteiger partial charge in [-0.05, 0) is 120 Å². The van der Waals surface area contributed by atoms with E-state index in [2.05, 4.69) is 108 Å². The van der Waals surface area contributed by atoms with Crippen molar-refractivity contribution in [3.63, 3.8) is 0 Å². The third-order valence-electron chi connectivity index (χ3n) is 10.5. The Morgan fingerprint density at radius 3 is 2.21 bits per heavy atom. The van der Waals surface area contributed by atoms with Gasteiger partial charge < -0.3 is 0 Å². The van der Waals surface area contributed by atoms with Gasteiger partial charge in [0.05, 0.1) is 0 Å². The highest BCUT2D eigenvalue weighted by molar-refractivity contribution is 5.88. The highest BCUT2D eigenvalue weighted by Gasteiger charge is 2.59. The Balaban J connectivity index is 2.04. The molecule has 0 spiro atoms. The Bertz CT molecular complexity index is 1430. The van der Waals surface area contributed by atoms with Crippen molar-refractivity contribution in [1.82, 2.24) is 0 Å². The van der Waals surface area contributed by atoms with Gasteiger partial charge in [0.25, 0.3) is 0 Å². The van der Waals surface area contributed by atoms with Crippen LogP contribution in [-0.2, 0) is 11.8 Å². The lowest BCUT2D eigenvalue weighted by molar-refractivity contribution is 0.0544. The fraction of sp³-hybridized carbons (Fsp3) is 0.538. The Kier molecular flexibility index (Phi) is 7.00. The van der Waals surface area contributed by atoms with E-state index in [1.807, 2.05) is 0 Å². The molecule has 1 aromatic carbocycles. The van der Waals surface area contributed by atoms with Crippen LogP contribution in [0.25, 0.3) is 5.57 Å². The summed E-state index contributed by atoms with van der Waals surface area (Å²) in [5, 5.41) is 0. The quantitative estimate of drug-likeness (QED) is 0.340. The second kappa shape index (κ2) is 9.26. The normalized spacial score (nSPS) is 28.6. The zero-order valence-electron chi connectivity index (χ0n) is 27.1. The summed E-state index contributed by atoms with van der Waals surface area (Å²) in [5.74, 6) is 7.75. The fourth-order valence-electron chi connectivity index (χ4n) is 8.84. The lowest BCUT2D eigenvalue weighted by Crippen LogP contribution is -2.52. The average molecular weight is 521 g/mol. The van der Waals surface area contributed by atoms with Gasteiger partial charge in [-0.1, -0.05) is 104 Å². The standard InChI is InChI=1S/C39H52/c1-23(2)17-16-18-30-19-32(36(10,11)12)26(6)34-27(7)35-29(9)39(15)28(8)33(24(3)4)25(5)20-38(39,14)22-37(35,13)21-31(30)34/h19,23H,3,7-8,17,20-22H2,1-2,4-6,9-15H3/t37-,38+,39-/m1/s1. The predicted molar refractivity (Wildman–Crippen MR) is 172 cm³/mol. The molecule has 0 aromatic heterocycles. The molecule has 0 nitrogen and oxygen atoms in total. The summed E-state index contributed by atoms with van der Waals surface area (Å²) in [4.78, 5) is 0. The molecule has 0 fully saturated rings. The van der Waals surface area contributed by atoms with E-state index >= 15 is 0 Å². The van der Waals surface area contributed by atoms with Crippen LogP contribution in [0.5, 0.6) is 0 Å². The number of allylic oxidation sites excluding steroid dienone is 7. The maximum atomic E-state index is 4.89. The van der Waals surface area contributed by atoms with Crippen LogP contribution in [0, 0.1) is 40.9 Å². The van der Waals surface area contributed by atoms with Crippen molar-refractivity contribution >= 4 is 5.57 Å². The van der Waals surface area contributed by atoms with E-state index in [0.29, 0.717) is 5.92 Å². The Morgan fingerprint density at radius 1 is 1.05 bits per heavy atom. The van der Waals surface area contributed by atoms with Crippen LogP contribution in [0.4, 0.5) is 0 Å². The number of rotatable bonds is 2. The molecular weight excluding hydrogens is 468 g/mol. The van der Waals surface area contributed by atoms with E-state index < -0.39 is 0 Å². The molecule has 0 radical (unpaired) electrons. The minimum absolute atomic E-state index is 0.00782. The van der Waals surface area contributed by atoms with Gasteiger partial charge in [0, 0.05) is 17.4 Å². The summed E-state index contributed by atoms with van der Waals surface area (Å²) in [7, 11) is 0. The average Bonchev–Trinajstić information content (AvgIpc) is 2.76. The van der Waals surface area contributed by atoms with Gasteiger partial charge in [0.15, 0.2) is 0 Å². The Hall–Kier alpha value is -2.52. The van der Waals surface area contributed by atoms with Gasteiger partial charge in [-0.25, -0.2) is 0 Å². The molecule has 3 atom stereocenters. The lowest BCUT2D eigenvalue weighted by Gasteiger charge is -2.62. The molecule has 3 aliphatic carbocycles. The third kappa shape index (κ3) is 4.27. The first-order valence-corrected chi connectivity index (χ1v) is 14.9. The molecule has 0 saturated heterocycles. The molecule has 0 unspecified atom stereocenters. The number of fused-ring (bicyclic) bond motifs is 3. The molecule has 0 N–H and O–H groups in total. The molecule has 39 heavy (non-hydrogen) atoms. The van der Waals surface area contributed by atoms with Crippen molar-refractivity contribution in [3.8, 4) is 11.8 Å². The van der Waals surface area contributed by atoms with Crippen molar-refractivity contribution < 1.29 is 0 Å². The van der Waals surface area contributed by atoms with Crippen LogP contribution in [0.1, 0.15) is 123 Å². The molecule has 208 valence electrons. The first-order valence-electron chi connectivity index (χ1n) is 14.9. The van der Waals surface area contributed by atoms with Gasteiger partial charge in [0.1, 0.15) is 0 Å². The Morgan fingerprint density at radius 2 is 1.67 bits per heavy atom. The van der Waals surface area contributed by atoms with Crippen LogP contribution in [-0.4, -0.2) is 0 Å². The van der Waals surface area contributed by atoms with Crippen molar-refractivity contribution in [1.29, 1.82) is 0 Å². The number of hydrogen-bond donors (Lipinski definition) is 0. The molecule has 0 heteroatoms. The zero-order chi connectivity index (χ0) is 29.5. The SMILES string of the molecule is C=C(C)C1=C(C)C[C@@]2(C)C[C@@]3(C)Cc4c(C#CCC(C)C)cc(C(C)(C)C)c(C)c4C(=C)C3=C(C)[C@@]2(C)C1=C. The predicted octanol–water partition coefficient (Wildman–Crippen LogP) is 10.9. The van der Waals surface area contributed by atoms with Crippen LogP contribution in [0.3, 0.4) is 0 Å². The van der Waals surface area contributed by atoms with E-state index in [4.69, 9.17) is 13.2 Å². The molecule has 3 aliphatic rings. The lowest BCUT2D eigenvalue weighted by atomic mass is 9.41. The minimum Gasteiger partial charge on any atom is -0.0976 e. The first kappa shape index (κ1) is 29.5. The van der Waals surface area contributed by atoms with Crippen LogP contribution in [0.2, 0.25) is 0 Å². The van der Waals surface area contributed by atoms with Gasteiger partial charge in [-0.15, -0.1) is 0 Å². The first-order chi connectivity index (χ1) is 17.8. The third-order valence-corrected chi connectivity index (χ3v) is 10.5. The summed E-state index contributed by atoms with van der Waals surface area (Å²) >= 11 is 0. The van der Waals surface area contributed by atoms with E-state index in [1.165, 1.54) is 61.3 Å². The molecule has 0 saturated carbocycles. The largest absolute Gasteiger partial charge is 0.0976 e. The maximum Gasteiger partial charge on any atom is 0.0286 e. The molecule has 4 rings (SSSR count). The van der Waals surface area contributed by atoms with Crippen LogP contribution in [0.15, 0.2) is 59.2 Å².